The van der Waals surface area contributed by atoms with Gasteiger partial charge in [-0.15, -0.1) is 0 Å². The number of aromatic nitrogens is 1. The minimum absolute atomic E-state index is 0.104. The molecule has 2 rings (SSSR count). The lowest BCUT2D eigenvalue weighted by molar-refractivity contribution is -0.384. The Labute approximate surface area is 121 Å². The van der Waals surface area contributed by atoms with E-state index in [4.69, 9.17) is 21.1 Å². The third-order valence-corrected chi connectivity index (χ3v) is 3.09. The highest BCUT2D eigenvalue weighted by Gasteiger charge is 2.20. The highest BCUT2D eigenvalue weighted by Crippen LogP contribution is 2.25. The van der Waals surface area contributed by atoms with Crippen molar-refractivity contribution in [3.63, 3.8) is 0 Å². The van der Waals surface area contributed by atoms with E-state index in [0.29, 0.717) is 13.2 Å². The van der Waals surface area contributed by atoms with Gasteiger partial charge in [0.05, 0.1) is 29.3 Å². The lowest BCUT2D eigenvalue weighted by Crippen LogP contribution is -2.26. The van der Waals surface area contributed by atoms with E-state index in [-0.39, 0.29) is 28.7 Å². The maximum absolute atomic E-state index is 10.9. The van der Waals surface area contributed by atoms with Gasteiger partial charge in [-0.3, -0.25) is 10.1 Å². The van der Waals surface area contributed by atoms with Gasteiger partial charge in [-0.1, -0.05) is 11.6 Å². The summed E-state index contributed by atoms with van der Waals surface area (Å²) < 4.78 is 10.9. The van der Waals surface area contributed by atoms with E-state index < -0.39 is 4.92 Å². The van der Waals surface area contributed by atoms with Crippen LogP contribution in [0.4, 0.5) is 11.5 Å². The molecule has 0 bridgehead atoms. The predicted molar refractivity (Wildman–Crippen MR) is 74.2 cm³/mol. The lowest BCUT2D eigenvalue weighted by Gasteiger charge is -2.17. The number of ether oxygens (including phenoxy) is 2. The Morgan fingerprint density at radius 1 is 1.75 bits per heavy atom. The molecule has 0 saturated carbocycles. The van der Waals surface area contributed by atoms with Gasteiger partial charge in [0.2, 0.25) is 5.82 Å². The summed E-state index contributed by atoms with van der Waals surface area (Å²) in [6.07, 6.45) is 2.36. The number of nitro groups is 1. The summed E-state index contributed by atoms with van der Waals surface area (Å²) in [7, 11) is 0. The molecule has 1 saturated heterocycles. The van der Waals surface area contributed by atoms with Crippen molar-refractivity contribution in [2.24, 2.45) is 0 Å². The van der Waals surface area contributed by atoms with E-state index in [1.165, 1.54) is 12.3 Å². The third kappa shape index (κ3) is 4.03. The molecular weight excluding hydrogens is 286 g/mol. The van der Waals surface area contributed by atoms with Crippen LogP contribution >= 0.6 is 11.6 Å². The number of anilines is 1. The Bertz CT molecular complexity index is 480. The summed E-state index contributed by atoms with van der Waals surface area (Å²) in [4.78, 5) is 14.4. The monoisotopic (exact) mass is 301 g/mol. The van der Waals surface area contributed by atoms with Crippen LogP contribution in [0, 0.1) is 10.1 Å². The van der Waals surface area contributed by atoms with Crippen molar-refractivity contribution in [2.45, 2.75) is 25.5 Å². The molecule has 1 fully saturated rings. The summed E-state index contributed by atoms with van der Waals surface area (Å²) in [6, 6.07) is 1.16. The Morgan fingerprint density at radius 2 is 2.55 bits per heavy atom. The molecule has 1 aliphatic heterocycles. The molecule has 2 heterocycles. The van der Waals surface area contributed by atoms with Crippen molar-refractivity contribution in [3.8, 4) is 0 Å². The fourth-order valence-corrected chi connectivity index (χ4v) is 2.03. The van der Waals surface area contributed by atoms with Gasteiger partial charge in [-0.05, 0) is 13.3 Å². The molecule has 0 radical (unpaired) electrons. The van der Waals surface area contributed by atoms with Crippen molar-refractivity contribution >= 4 is 23.1 Å². The highest BCUT2D eigenvalue weighted by molar-refractivity contribution is 6.30. The zero-order valence-corrected chi connectivity index (χ0v) is 11.8. The number of halogens is 1. The number of hydrogen-bond acceptors (Lipinski definition) is 6. The minimum atomic E-state index is -0.514. The molecule has 1 aliphatic rings. The molecule has 1 N–H and O–H groups in total. The second-order valence-corrected chi connectivity index (χ2v) is 5.08. The minimum Gasteiger partial charge on any atom is -0.379 e. The maximum Gasteiger partial charge on any atom is 0.312 e. The first kappa shape index (κ1) is 15.0. The normalized spacial score (nSPS) is 19.8. The standard InChI is InChI=1S/C12H16ClN3O4/c1-8(6-20-10-2-3-19-7-10)15-12-11(16(17)18)4-9(13)5-14-12/h4-5,8,10H,2-3,6-7H2,1H3,(H,14,15)/t8-,10+/m1/s1. The van der Waals surface area contributed by atoms with E-state index in [2.05, 4.69) is 10.3 Å². The Hall–Kier alpha value is -1.44. The zero-order valence-electron chi connectivity index (χ0n) is 11.0. The first-order valence-corrected chi connectivity index (χ1v) is 6.70. The Balaban J connectivity index is 1.92. The molecule has 0 aromatic carbocycles. The van der Waals surface area contributed by atoms with Crippen LogP contribution in [0.5, 0.6) is 0 Å². The molecule has 0 amide bonds. The molecule has 0 aliphatic carbocycles. The average Bonchev–Trinajstić information content (AvgIpc) is 2.91. The summed E-state index contributed by atoms with van der Waals surface area (Å²) in [5.41, 5.74) is -0.145. The predicted octanol–water partition coefficient (Wildman–Crippen LogP) is 2.25. The van der Waals surface area contributed by atoms with E-state index in [9.17, 15) is 10.1 Å². The number of hydrogen-bond donors (Lipinski definition) is 1. The molecular formula is C12H16ClN3O4. The first-order valence-electron chi connectivity index (χ1n) is 6.32. The van der Waals surface area contributed by atoms with Crippen LogP contribution in [0.25, 0.3) is 0 Å². The topological polar surface area (TPSA) is 86.5 Å². The second-order valence-electron chi connectivity index (χ2n) is 4.64. The third-order valence-electron chi connectivity index (χ3n) is 2.88. The second kappa shape index (κ2) is 6.83. The van der Waals surface area contributed by atoms with Crippen LogP contribution < -0.4 is 5.32 Å². The van der Waals surface area contributed by atoms with Crippen LogP contribution in [0.1, 0.15) is 13.3 Å². The van der Waals surface area contributed by atoms with Crippen LogP contribution in [-0.2, 0) is 9.47 Å². The van der Waals surface area contributed by atoms with E-state index in [0.717, 1.165) is 13.0 Å². The number of rotatable bonds is 6. The number of nitrogens with one attached hydrogen (secondary N) is 1. The quantitative estimate of drug-likeness (QED) is 0.640. The fourth-order valence-electron chi connectivity index (χ4n) is 1.88. The van der Waals surface area contributed by atoms with Crippen LogP contribution in [0.3, 0.4) is 0 Å². The van der Waals surface area contributed by atoms with Crippen molar-refractivity contribution < 1.29 is 14.4 Å². The molecule has 7 nitrogen and oxygen atoms in total. The van der Waals surface area contributed by atoms with Crippen molar-refractivity contribution in [2.75, 3.05) is 25.1 Å². The van der Waals surface area contributed by atoms with E-state index >= 15 is 0 Å². The summed E-state index contributed by atoms with van der Waals surface area (Å²) in [5.74, 6) is 0.193. The maximum atomic E-state index is 10.9. The summed E-state index contributed by atoms with van der Waals surface area (Å²) >= 11 is 5.71. The molecule has 0 unspecified atom stereocenters. The number of nitrogens with zero attached hydrogens (tertiary/aromatic N) is 2. The largest absolute Gasteiger partial charge is 0.379 e. The van der Waals surface area contributed by atoms with E-state index in [1.54, 1.807) is 0 Å². The van der Waals surface area contributed by atoms with Crippen molar-refractivity contribution in [1.29, 1.82) is 0 Å². The van der Waals surface area contributed by atoms with Gasteiger partial charge in [-0.2, -0.15) is 0 Å². The SMILES string of the molecule is C[C@H](CO[C@H]1CCOC1)Nc1ncc(Cl)cc1[N+](=O)[O-]. The molecule has 20 heavy (non-hydrogen) atoms. The lowest BCUT2D eigenvalue weighted by atomic mass is 10.3. The first-order chi connectivity index (χ1) is 9.56. The van der Waals surface area contributed by atoms with Gasteiger partial charge in [0.15, 0.2) is 0 Å². The fraction of sp³-hybridized carbons (Fsp3) is 0.583. The smallest absolute Gasteiger partial charge is 0.312 e. The summed E-state index contributed by atoms with van der Waals surface area (Å²) in [5, 5.41) is 14.1. The van der Waals surface area contributed by atoms with Crippen LogP contribution in [-0.4, -0.2) is 41.9 Å². The van der Waals surface area contributed by atoms with Gasteiger partial charge >= 0.3 is 5.69 Å². The Morgan fingerprint density at radius 3 is 3.20 bits per heavy atom. The van der Waals surface area contributed by atoms with Gasteiger partial charge in [0.25, 0.3) is 0 Å². The Kier molecular flexibility index (Phi) is 5.11. The number of pyridine rings is 1. The molecule has 2 atom stereocenters. The highest BCUT2D eigenvalue weighted by atomic mass is 35.5. The van der Waals surface area contributed by atoms with Crippen LogP contribution in [0.2, 0.25) is 5.02 Å². The van der Waals surface area contributed by atoms with Crippen molar-refractivity contribution in [3.05, 3.63) is 27.4 Å². The van der Waals surface area contributed by atoms with Gasteiger partial charge in [0.1, 0.15) is 0 Å². The summed E-state index contributed by atoms with van der Waals surface area (Å²) in [6.45, 7) is 3.62. The zero-order chi connectivity index (χ0) is 14.5. The average molecular weight is 302 g/mol. The van der Waals surface area contributed by atoms with Crippen LogP contribution in [0.15, 0.2) is 12.3 Å². The molecule has 110 valence electrons. The van der Waals surface area contributed by atoms with Gasteiger partial charge < -0.3 is 14.8 Å². The van der Waals surface area contributed by atoms with Crippen molar-refractivity contribution in [1.82, 2.24) is 4.98 Å². The molecule has 0 spiro atoms. The van der Waals surface area contributed by atoms with Gasteiger partial charge in [0, 0.05) is 24.9 Å². The molecule has 1 aromatic heterocycles. The molecule has 8 heteroatoms. The van der Waals surface area contributed by atoms with Gasteiger partial charge in [-0.25, -0.2) is 4.98 Å². The molecule has 1 aromatic rings. The van der Waals surface area contributed by atoms with E-state index in [1.807, 2.05) is 6.92 Å².